The average molecular weight is 209 g/mol. The van der Waals surface area contributed by atoms with Gasteiger partial charge in [0, 0.05) is 4.60 Å². The third kappa shape index (κ3) is 4.62. The number of hydrogen-bond donors (Lipinski definition) is 5. The van der Waals surface area contributed by atoms with Crippen LogP contribution in [0.25, 0.3) is 0 Å². The van der Waals surface area contributed by atoms with Crippen LogP contribution in [0.2, 0.25) is 0 Å². The van der Waals surface area contributed by atoms with Crippen molar-refractivity contribution in [3.05, 3.63) is 0 Å². The van der Waals surface area contributed by atoms with Gasteiger partial charge in [-0.3, -0.25) is 5.21 Å². The molecule has 0 unspecified atom stereocenters. The molecule has 5 N–H and O–H groups in total. The molecule has 0 aliphatic rings. The van der Waals surface area contributed by atoms with Crippen LogP contribution in [-0.2, 0) is 9.13 Å². The van der Waals surface area contributed by atoms with Crippen LogP contribution in [0.4, 0.5) is 0 Å². The van der Waals surface area contributed by atoms with Crippen LogP contribution in [-0.4, -0.2) is 29.4 Å². The fraction of sp³-hybridized carbons (Fsp3) is 1.00. The maximum Gasteiger partial charge on any atom is 0.436 e. The van der Waals surface area contributed by atoms with Gasteiger partial charge >= 0.3 is 15.5 Å². The molecule has 0 saturated carbocycles. The minimum absolute atomic E-state index is 0. The standard InChI is InChI=1S/CH4.H5NO7P2/c;2-1(9(3,4)5)10(6,7)8/h1H4;2H,(H2,3,4,5)(H2,6,7,8). The topological polar surface area (TPSA) is 139 Å². The Morgan fingerprint density at radius 2 is 1.09 bits per heavy atom. The first-order chi connectivity index (χ1) is 4.15. The lowest BCUT2D eigenvalue weighted by Gasteiger charge is -2.15. The first-order valence-corrected chi connectivity index (χ1v) is 4.90. The van der Waals surface area contributed by atoms with Crippen LogP contribution in [0.5, 0.6) is 0 Å². The summed E-state index contributed by atoms with van der Waals surface area (Å²) < 4.78 is 18.4. The largest absolute Gasteiger partial charge is 0.436 e. The Kier molecular flexibility index (Phi) is 4.70. The van der Waals surface area contributed by atoms with Gasteiger partial charge in [0.2, 0.25) is 0 Å². The van der Waals surface area contributed by atoms with Gasteiger partial charge in [-0.25, -0.2) is 9.13 Å². The Morgan fingerprint density at radius 1 is 0.909 bits per heavy atom. The van der Waals surface area contributed by atoms with Crippen molar-refractivity contribution in [3.63, 3.8) is 0 Å². The van der Waals surface area contributed by atoms with Gasteiger partial charge in [-0.1, -0.05) is 7.43 Å². The van der Waals surface area contributed by atoms with E-state index in [4.69, 9.17) is 24.8 Å². The van der Waals surface area contributed by atoms with Gasteiger partial charge in [-0.2, -0.15) is 0 Å². The molecule has 0 amide bonds. The molecule has 0 aliphatic heterocycles. The van der Waals surface area contributed by atoms with Crippen molar-refractivity contribution in [3.8, 4) is 0 Å². The second kappa shape index (κ2) is 3.75. The summed E-state index contributed by atoms with van der Waals surface area (Å²) in [4.78, 5) is 31.7. The van der Waals surface area contributed by atoms with Gasteiger partial charge in [0.25, 0.3) is 0 Å². The SMILES string of the molecule is C.O=P(O)(O)N(O)P(=O)(O)O. The molecule has 0 saturated heterocycles. The number of rotatable bonds is 2. The summed E-state index contributed by atoms with van der Waals surface area (Å²) in [5.74, 6) is 0. The second-order valence-electron chi connectivity index (χ2n) is 1.29. The highest BCUT2D eigenvalue weighted by Crippen LogP contribution is 2.55. The molecule has 0 aromatic carbocycles. The Balaban J connectivity index is 0. The monoisotopic (exact) mass is 209 g/mol. The first-order valence-electron chi connectivity index (χ1n) is 1.77. The lowest BCUT2D eigenvalue weighted by molar-refractivity contribution is 0.0293. The van der Waals surface area contributed by atoms with Gasteiger partial charge in [0.1, 0.15) is 0 Å². The highest BCUT2D eigenvalue weighted by atomic mass is 31.3. The van der Waals surface area contributed by atoms with E-state index in [0.717, 1.165) is 0 Å². The smallest absolute Gasteiger partial charge is 0.311 e. The quantitative estimate of drug-likeness (QED) is 0.303. The van der Waals surface area contributed by atoms with Gasteiger partial charge in [0.15, 0.2) is 0 Å². The van der Waals surface area contributed by atoms with Crippen molar-refractivity contribution in [2.45, 2.75) is 7.43 Å². The van der Waals surface area contributed by atoms with Crippen molar-refractivity contribution in [1.82, 2.24) is 4.60 Å². The van der Waals surface area contributed by atoms with Crippen LogP contribution in [0.3, 0.4) is 0 Å². The molecule has 11 heavy (non-hydrogen) atoms. The summed E-state index contributed by atoms with van der Waals surface area (Å²) in [6.45, 7) is 0. The third-order valence-corrected chi connectivity index (χ3v) is 2.80. The zero-order valence-electron chi connectivity index (χ0n) is 4.39. The fourth-order valence-corrected chi connectivity index (χ4v) is 1.37. The average Bonchev–Trinajstić information content (AvgIpc) is 1.59. The molecular weight excluding hydrogens is 200 g/mol. The van der Waals surface area contributed by atoms with Crippen molar-refractivity contribution >= 4 is 15.5 Å². The normalized spacial score (nSPS) is 12.9. The molecule has 0 aromatic rings. The van der Waals surface area contributed by atoms with E-state index in [2.05, 4.69) is 0 Å². The van der Waals surface area contributed by atoms with Crippen molar-refractivity contribution < 1.29 is 33.9 Å². The minimum atomic E-state index is -5.25. The Morgan fingerprint density at radius 3 is 1.09 bits per heavy atom. The van der Waals surface area contributed by atoms with E-state index >= 15 is 0 Å². The maximum atomic E-state index is 9.86. The molecule has 10 heteroatoms. The molecule has 0 rings (SSSR count). The maximum absolute atomic E-state index is 9.86. The summed E-state index contributed by atoms with van der Waals surface area (Å²) in [5, 5.41) is 8.03. The minimum Gasteiger partial charge on any atom is -0.311 e. The van der Waals surface area contributed by atoms with Crippen LogP contribution >= 0.6 is 15.5 Å². The van der Waals surface area contributed by atoms with Gasteiger partial charge in [0.05, 0.1) is 0 Å². The Labute approximate surface area is 62.5 Å². The molecule has 8 nitrogen and oxygen atoms in total. The summed E-state index contributed by atoms with van der Waals surface area (Å²) in [6.07, 6.45) is 0. The summed E-state index contributed by atoms with van der Waals surface area (Å²) in [6, 6.07) is 0. The van der Waals surface area contributed by atoms with Crippen LogP contribution in [0, 0.1) is 0 Å². The van der Waals surface area contributed by atoms with E-state index in [1.165, 1.54) is 0 Å². The third-order valence-electron chi connectivity index (χ3n) is 0.466. The second-order valence-corrected chi connectivity index (χ2v) is 4.42. The molecular formula is CH9NO7P2. The Hall–Kier alpha value is 0.220. The molecule has 0 fully saturated rings. The molecule has 0 bridgehead atoms. The Bertz CT molecular complexity index is 178. The van der Waals surface area contributed by atoms with Gasteiger partial charge in [-0.15, -0.1) is 0 Å². The van der Waals surface area contributed by atoms with E-state index in [1.54, 1.807) is 0 Å². The van der Waals surface area contributed by atoms with Gasteiger partial charge in [-0.05, 0) is 0 Å². The number of hydrogen-bond acceptors (Lipinski definition) is 3. The van der Waals surface area contributed by atoms with Crippen LogP contribution in [0.1, 0.15) is 7.43 Å². The molecule has 0 aliphatic carbocycles. The summed E-state index contributed by atoms with van der Waals surface area (Å²) >= 11 is 0. The zero-order valence-corrected chi connectivity index (χ0v) is 6.18. The summed E-state index contributed by atoms with van der Waals surface area (Å²) in [5.41, 5.74) is 0. The highest BCUT2D eigenvalue weighted by molar-refractivity contribution is 7.64. The molecule has 0 radical (unpaired) electrons. The fourth-order valence-electron chi connectivity index (χ4n) is 0.152. The van der Waals surface area contributed by atoms with E-state index < -0.39 is 20.1 Å². The van der Waals surface area contributed by atoms with Crippen LogP contribution in [0.15, 0.2) is 0 Å². The number of nitrogens with zero attached hydrogens (tertiary/aromatic N) is 1. The van der Waals surface area contributed by atoms with Crippen molar-refractivity contribution in [1.29, 1.82) is 0 Å². The lowest BCUT2D eigenvalue weighted by atomic mass is 12.0. The van der Waals surface area contributed by atoms with E-state index in [1.807, 2.05) is 0 Å². The highest BCUT2D eigenvalue weighted by Gasteiger charge is 2.38. The predicted molar refractivity (Wildman–Crippen MR) is 34.4 cm³/mol. The van der Waals surface area contributed by atoms with E-state index in [9.17, 15) is 9.13 Å². The molecule has 0 aromatic heterocycles. The molecule has 70 valence electrons. The zero-order chi connectivity index (χ0) is 8.58. The summed E-state index contributed by atoms with van der Waals surface area (Å²) in [7, 11) is -10.5. The van der Waals surface area contributed by atoms with Crippen LogP contribution < -0.4 is 0 Å². The van der Waals surface area contributed by atoms with E-state index in [0.29, 0.717) is 0 Å². The van der Waals surface area contributed by atoms with Crippen molar-refractivity contribution in [2.75, 3.05) is 0 Å². The van der Waals surface area contributed by atoms with E-state index in [-0.39, 0.29) is 7.43 Å². The van der Waals surface area contributed by atoms with Gasteiger partial charge < -0.3 is 19.6 Å². The lowest BCUT2D eigenvalue weighted by Crippen LogP contribution is -2.11. The first kappa shape index (κ1) is 13.8. The predicted octanol–water partition coefficient (Wildman–Crippen LogP) is -0.501. The molecule has 0 atom stereocenters. The molecule has 0 heterocycles. The van der Waals surface area contributed by atoms with Crippen molar-refractivity contribution in [2.24, 2.45) is 0 Å². The molecule has 0 spiro atoms.